The molecule has 0 saturated heterocycles. The molecule has 0 saturated carbocycles. The predicted molar refractivity (Wildman–Crippen MR) is 117 cm³/mol. The Bertz CT molecular complexity index is 1140. The van der Waals surface area contributed by atoms with Crippen molar-refractivity contribution in [3.63, 3.8) is 0 Å². The van der Waals surface area contributed by atoms with Crippen LogP contribution in [0.4, 0.5) is 0 Å². The van der Waals surface area contributed by atoms with Gasteiger partial charge >= 0.3 is 0 Å². The first-order chi connectivity index (χ1) is 13.5. The lowest BCUT2D eigenvalue weighted by atomic mass is 9.84. The number of carbonyl (C=O) groups excluding carboxylic acids is 1. The van der Waals surface area contributed by atoms with Gasteiger partial charge in [0, 0.05) is 34.7 Å². The lowest BCUT2D eigenvalue weighted by molar-refractivity contribution is -0.120. The van der Waals surface area contributed by atoms with Gasteiger partial charge in [0.15, 0.2) is 5.65 Å². The third-order valence-electron chi connectivity index (χ3n) is 5.28. The van der Waals surface area contributed by atoms with E-state index in [2.05, 4.69) is 15.4 Å². The lowest BCUT2D eigenvalue weighted by Gasteiger charge is -2.28. The average Bonchev–Trinajstić information content (AvgIpc) is 2.90. The Hall–Kier alpha value is -2.31. The van der Waals surface area contributed by atoms with Crippen molar-refractivity contribution in [2.45, 2.75) is 39.5 Å². The molecule has 2 N–H and O–H groups in total. The Morgan fingerprint density at radius 1 is 1.24 bits per heavy atom. The number of halogens is 2. The van der Waals surface area contributed by atoms with E-state index < -0.39 is 5.41 Å². The van der Waals surface area contributed by atoms with E-state index in [9.17, 15) is 9.59 Å². The van der Waals surface area contributed by atoms with Gasteiger partial charge in [0.05, 0.1) is 11.8 Å². The lowest BCUT2D eigenvalue weighted by Crippen LogP contribution is -2.38. The molecular formula is C21H24Cl2N4O2. The fraction of sp³-hybridized carbons (Fsp3) is 0.381. The molecule has 0 unspecified atom stereocenters. The predicted octanol–water partition coefficient (Wildman–Crippen LogP) is 3.82. The van der Waals surface area contributed by atoms with Gasteiger partial charge in [-0.2, -0.15) is 0 Å². The van der Waals surface area contributed by atoms with Crippen LogP contribution in [0, 0.1) is 13.8 Å². The highest BCUT2D eigenvalue weighted by atomic mass is 35.5. The zero-order chi connectivity index (χ0) is 21.5. The topological polar surface area (TPSA) is 79.8 Å². The second kappa shape index (κ2) is 7.84. The largest absolute Gasteiger partial charge is 0.355 e. The molecule has 0 fully saturated rings. The zero-order valence-corrected chi connectivity index (χ0v) is 18.6. The fourth-order valence-corrected chi connectivity index (χ4v) is 4.59. The summed E-state index contributed by atoms with van der Waals surface area (Å²) in [6.07, 6.45) is 0.140. The highest BCUT2D eigenvalue weighted by molar-refractivity contribution is 6.36. The molecule has 8 heteroatoms. The summed E-state index contributed by atoms with van der Waals surface area (Å²) >= 11 is 12.7. The standard InChI is InChI=1S/C21H24Cl2N4O2/c1-11-13(12(2)25-19-17(11)20(29)26-27(19)5)9-16(28)24-10-21(3,4)18-14(22)7-6-8-15(18)23/h6-8H,9-10H2,1-5H3,(H,24,28)(H,26,29). The summed E-state index contributed by atoms with van der Waals surface area (Å²) in [5.74, 6) is -0.152. The maximum absolute atomic E-state index is 12.7. The minimum absolute atomic E-state index is 0.140. The number of nitrogens with zero attached hydrogens (tertiary/aromatic N) is 2. The molecule has 0 aliphatic heterocycles. The van der Waals surface area contributed by atoms with E-state index >= 15 is 0 Å². The van der Waals surface area contributed by atoms with Gasteiger partial charge in [0.25, 0.3) is 5.56 Å². The summed E-state index contributed by atoms with van der Waals surface area (Å²) in [6.45, 7) is 8.03. The van der Waals surface area contributed by atoms with Crippen LogP contribution in [0.1, 0.15) is 36.2 Å². The molecule has 2 heterocycles. The van der Waals surface area contributed by atoms with Gasteiger partial charge in [-0.1, -0.05) is 43.1 Å². The van der Waals surface area contributed by atoms with E-state index in [4.69, 9.17) is 23.2 Å². The summed E-state index contributed by atoms with van der Waals surface area (Å²) in [4.78, 5) is 29.4. The van der Waals surface area contributed by atoms with Crippen molar-refractivity contribution in [3.05, 3.63) is 61.0 Å². The molecule has 154 valence electrons. The Morgan fingerprint density at radius 2 is 1.86 bits per heavy atom. The number of fused-ring (bicyclic) bond motifs is 1. The van der Waals surface area contributed by atoms with Crippen LogP contribution in [0.2, 0.25) is 10.0 Å². The monoisotopic (exact) mass is 434 g/mol. The quantitative estimate of drug-likeness (QED) is 0.640. The van der Waals surface area contributed by atoms with E-state index in [1.54, 1.807) is 29.9 Å². The first-order valence-electron chi connectivity index (χ1n) is 9.29. The van der Waals surface area contributed by atoms with Crippen molar-refractivity contribution in [2.24, 2.45) is 7.05 Å². The Kier molecular flexibility index (Phi) is 5.79. The Labute approximate surface area is 179 Å². The smallest absolute Gasteiger partial charge is 0.273 e. The van der Waals surface area contributed by atoms with E-state index in [-0.39, 0.29) is 17.9 Å². The fourth-order valence-electron chi connectivity index (χ4n) is 3.68. The first kappa shape index (κ1) is 21.4. The summed E-state index contributed by atoms with van der Waals surface area (Å²) in [5, 5.41) is 7.34. The summed E-state index contributed by atoms with van der Waals surface area (Å²) in [6, 6.07) is 5.37. The van der Waals surface area contributed by atoms with Gasteiger partial charge in [0.1, 0.15) is 0 Å². The van der Waals surface area contributed by atoms with Crippen LogP contribution in [0.5, 0.6) is 0 Å². The molecule has 2 aromatic heterocycles. The van der Waals surface area contributed by atoms with E-state index in [0.717, 1.165) is 22.4 Å². The van der Waals surface area contributed by atoms with Crippen molar-refractivity contribution in [2.75, 3.05) is 6.54 Å². The van der Waals surface area contributed by atoms with Gasteiger partial charge in [-0.25, -0.2) is 4.98 Å². The van der Waals surface area contributed by atoms with Crippen LogP contribution < -0.4 is 10.9 Å². The minimum Gasteiger partial charge on any atom is -0.355 e. The van der Waals surface area contributed by atoms with E-state index in [1.165, 1.54) is 0 Å². The average molecular weight is 435 g/mol. The van der Waals surface area contributed by atoms with E-state index in [1.807, 2.05) is 27.7 Å². The number of nitrogens with one attached hydrogen (secondary N) is 2. The third kappa shape index (κ3) is 4.05. The van der Waals surface area contributed by atoms with E-state index in [0.29, 0.717) is 27.6 Å². The number of hydrogen-bond acceptors (Lipinski definition) is 3. The van der Waals surface area contributed by atoms with Gasteiger partial charge < -0.3 is 5.32 Å². The molecule has 0 atom stereocenters. The zero-order valence-electron chi connectivity index (χ0n) is 17.1. The highest BCUT2D eigenvalue weighted by Gasteiger charge is 2.27. The van der Waals surface area contributed by atoms with Crippen molar-refractivity contribution in [3.8, 4) is 0 Å². The minimum atomic E-state index is -0.450. The Morgan fingerprint density at radius 3 is 2.48 bits per heavy atom. The summed E-state index contributed by atoms with van der Waals surface area (Å²) < 4.78 is 1.59. The van der Waals surface area contributed by atoms with Crippen molar-refractivity contribution in [1.29, 1.82) is 0 Å². The number of benzene rings is 1. The second-order valence-electron chi connectivity index (χ2n) is 7.93. The first-order valence-corrected chi connectivity index (χ1v) is 10.0. The molecule has 3 rings (SSSR count). The van der Waals surface area contributed by atoms with Crippen molar-refractivity contribution >= 4 is 40.1 Å². The van der Waals surface area contributed by atoms with Crippen LogP contribution in [-0.4, -0.2) is 27.2 Å². The van der Waals surface area contributed by atoms with Crippen molar-refractivity contribution in [1.82, 2.24) is 20.1 Å². The second-order valence-corrected chi connectivity index (χ2v) is 8.75. The molecule has 0 bridgehead atoms. The van der Waals surface area contributed by atoms with Crippen LogP contribution in [-0.2, 0) is 23.7 Å². The van der Waals surface area contributed by atoms with Crippen LogP contribution in [0.25, 0.3) is 11.0 Å². The molecule has 0 aliphatic carbocycles. The van der Waals surface area contributed by atoms with Crippen molar-refractivity contribution < 1.29 is 4.79 Å². The number of hydrogen-bond donors (Lipinski definition) is 2. The highest BCUT2D eigenvalue weighted by Crippen LogP contribution is 2.35. The van der Waals surface area contributed by atoms with Gasteiger partial charge in [-0.3, -0.25) is 19.4 Å². The summed E-state index contributed by atoms with van der Waals surface area (Å²) in [5.41, 5.74) is 3.00. The molecule has 0 spiro atoms. The SMILES string of the molecule is Cc1nc2c(c(C)c1CC(=O)NCC(C)(C)c1c(Cl)cccc1Cl)c(=O)[nH]n2C. The number of amides is 1. The molecule has 6 nitrogen and oxygen atoms in total. The van der Waals surface area contributed by atoms with Gasteiger partial charge in [-0.05, 0) is 42.7 Å². The molecule has 0 aliphatic rings. The number of pyridine rings is 1. The number of aryl methyl sites for hydroxylation is 3. The maximum atomic E-state index is 12.7. The van der Waals surface area contributed by atoms with Gasteiger partial charge in [0.2, 0.25) is 5.91 Å². The van der Waals surface area contributed by atoms with Gasteiger partial charge in [-0.15, -0.1) is 0 Å². The molecule has 3 aromatic rings. The van der Waals surface area contributed by atoms with Crippen LogP contribution >= 0.6 is 23.2 Å². The van der Waals surface area contributed by atoms with Crippen LogP contribution in [0.15, 0.2) is 23.0 Å². The maximum Gasteiger partial charge on any atom is 0.273 e. The molecule has 1 amide bonds. The summed E-state index contributed by atoms with van der Waals surface area (Å²) in [7, 11) is 1.74. The molecule has 1 aromatic carbocycles. The Balaban J connectivity index is 1.81. The van der Waals surface area contributed by atoms with Crippen LogP contribution in [0.3, 0.4) is 0 Å². The molecular weight excluding hydrogens is 411 g/mol. The normalized spacial score (nSPS) is 11.8. The number of aromatic nitrogens is 3. The molecule has 29 heavy (non-hydrogen) atoms. The third-order valence-corrected chi connectivity index (χ3v) is 5.91. The number of rotatable bonds is 5. The number of aromatic amines is 1. The number of H-pyrrole nitrogens is 1. The molecule has 0 radical (unpaired) electrons. The number of carbonyl (C=O) groups is 1.